The number of nitrogens with two attached hydrogens (primary N) is 2. The molecule has 5 N–H and O–H groups in total. The summed E-state index contributed by atoms with van der Waals surface area (Å²) < 4.78 is 3.79. The Kier molecular flexibility index (Phi) is 11.4. The van der Waals surface area contributed by atoms with Crippen LogP contribution in [0, 0.1) is 3.95 Å². The zero-order valence-electron chi connectivity index (χ0n) is 22.2. The summed E-state index contributed by atoms with van der Waals surface area (Å²) in [4.78, 5) is 25.1. The van der Waals surface area contributed by atoms with Gasteiger partial charge in [0, 0.05) is 41.0 Å². The Bertz CT molecular complexity index is 1640. The third kappa shape index (κ3) is 9.02. The van der Waals surface area contributed by atoms with E-state index >= 15 is 0 Å². The lowest BCUT2D eigenvalue weighted by atomic mass is 10.1. The van der Waals surface area contributed by atoms with Crippen LogP contribution >= 0.6 is 46.9 Å². The molecule has 2 heterocycles. The summed E-state index contributed by atoms with van der Waals surface area (Å²) in [5.41, 5.74) is 15.5. The normalized spacial score (nSPS) is 10.3. The van der Waals surface area contributed by atoms with Crippen LogP contribution in [0.4, 0.5) is 11.4 Å². The van der Waals surface area contributed by atoms with Crippen LogP contribution in [0.25, 0.3) is 21.6 Å². The van der Waals surface area contributed by atoms with Gasteiger partial charge in [-0.1, -0.05) is 30.3 Å². The Morgan fingerprint density at radius 2 is 1.68 bits per heavy atom. The molecule has 0 bridgehead atoms. The maximum Gasteiger partial charge on any atom is 0.191 e. The molecular formula is C28H29ClN6O2S3. The zero-order valence-corrected chi connectivity index (χ0v) is 25.4. The number of Topliss-reactive ketones (excluding diaryl/α,β-unsaturated/α-hetero) is 2. The molecule has 0 aliphatic carbocycles. The number of anilines is 2. The van der Waals surface area contributed by atoms with Crippen molar-refractivity contribution in [2.24, 2.45) is 7.05 Å². The third-order valence-corrected chi connectivity index (χ3v) is 7.95. The molecule has 0 spiro atoms. The first kappa shape index (κ1) is 31.0. The number of aromatic amines is 1. The summed E-state index contributed by atoms with van der Waals surface area (Å²) in [6.45, 7) is 3.40. The van der Waals surface area contributed by atoms with Crippen molar-refractivity contribution in [3.05, 3.63) is 81.3 Å². The second-order valence-electron chi connectivity index (χ2n) is 8.53. The standard InChI is InChI=1S/C12H14N4OS.C9H9ClO.C7H6N2S2/c1-8(17)7-18-12-15-14-11(16(12)2)9-3-5-10(13)6-4-9;1-2-9(11)7-3-5-8(10)6-4-7;8-4-1-2-5-6(3-4)11-7(10)9-5/h3-6H,7,13H2,1-2H3;3-6H,2H2,1H3;1-3H,8H2,(H,9,10). The van der Waals surface area contributed by atoms with Crippen molar-refractivity contribution in [3.8, 4) is 11.4 Å². The molecule has 0 fully saturated rings. The molecule has 0 aliphatic heterocycles. The van der Waals surface area contributed by atoms with E-state index in [1.54, 1.807) is 42.5 Å². The van der Waals surface area contributed by atoms with Crippen LogP contribution in [0.5, 0.6) is 0 Å². The van der Waals surface area contributed by atoms with E-state index in [4.69, 9.17) is 35.3 Å². The first-order valence-electron chi connectivity index (χ1n) is 12.1. The number of H-pyrrole nitrogens is 1. The fourth-order valence-electron chi connectivity index (χ4n) is 3.29. The van der Waals surface area contributed by atoms with E-state index in [0.29, 0.717) is 22.9 Å². The summed E-state index contributed by atoms with van der Waals surface area (Å²) in [5, 5.41) is 9.61. The number of fused-ring (bicyclic) bond motifs is 1. The number of aromatic nitrogens is 4. The van der Waals surface area contributed by atoms with Gasteiger partial charge in [0.05, 0.1) is 16.0 Å². The number of halogens is 1. The molecule has 0 atom stereocenters. The van der Waals surface area contributed by atoms with Crippen LogP contribution in [0.2, 0.25) is 5.02 Å². The number of hydrogen-bond acceptors (Lipinski definition) is 9. The van der Waals surface area contributed by atoms with Crippen molar-refractivity contribution in [3.63, 3.8) is 0 Å². The number of rotatable bonds is 6. The van der Waals surface area contributed by atoms with Gasteiger partial charge in [0.1, 0.15) is 5.78 Å². The molecule has 0 amide bonds. The molecule has 8 nitrogen and oxygen atoms in total. The van der Waals surface area contributed by atoms with E-state index in [9.17, 15) is 9.59 Å². The molecular weight excluding hydrogens is 584 g/mol. The van der Waals surface area contributed by atoms with Crippen LogP contribution in [0.15, 0.2) is 71.9 Å². The highest BCUT2D eigenvalue weighted by Crippen LogP contribution is 2.23. The highest BCUT2D eigenvalue weighted by molar-refractivity contribution is 7.99. The molecule has 0 saturated heterocycles. The lowest BCUT2D eigenvalue weighted by Crippen LogP contribution is -1.98. The average molecular weight is 613 g/mol. The number of thiazole rings is 1. The quantitative estimate of drug-likeness (QED) is 0.0792. The van der Waals surface area contributed by atoms with Gasteiger partial charge in [-0.15, -0.1) is 21.5 Å². The molecule has 0 unspecified atom stereocenters. The van der Waals surface area contributed by atoms with Crippen molar-refractivity contribution in [2.75, 3.05) is 17.2 Å². The molecule has 3 aromatic carbocycles. The second-order valence-corrected chi connectivity index (χ2v) is 11.6. The lowest BCUT2D eigenvalue weighted by Gasteiger charge is -2.03. The fourth-order valence-corrected chi connectivity index (χ4v) is 5.29. The third-order valence-electron chi connectivity index (χ3n) is 5.34. The SMILES string of the molecule is CC(=O)CSc1nnc(-c2ccc(N)cc2)n1C.CCC(=O)c1ccc(Cl)cc1.Nc1ccc2[nH]c(=S)sc2c1. The highest BCUT2D eigenvalue weighted by atomic mass is 35.5. The Morgan fingerprint density at radius 3 is 2.30 bits per heavy atom. The molecule has 0 saturated carbocycles. The number of nitrogens with one attached hydrogen (secondary N) is 1. The maximum absolute atomic E-state index is 11.1. The summed E-state index contributed by atoms with van der Waals surface area (Å²) in [6.07, 6.45) is 0.543. The summed E-state index contributed by atoms with van der Waals surface area (Å²) in [6, 6.07) is 20.1. The van der Waals surface area contributed by atoms with Crippen molar-refractivity contribution in [2.45, 2.75) is 25.4 Å². The number of ketones is 2. The van der Waals surface area contributed by atoms with Gasteiger partial charge in [-0.2, -0.15) is 0 Å². The number of hydrogen-bond donors (Lipinski definition) is 3. The van der Waals surface area contributed by atoms with E-state index in [2.05, 4.69) is 15.2 Å². The molecule has 5 aromatic rings. The number of nitrogens with zero attached hydrogens (tertiary/aromatic N) is 3. The van der Waals surface area contributed by atoms with E-state index in [-0.39, 0.29) is 11.6 Å². The summed E-state index contributed by atoms with van der Waals surface area (Å²) in [5.74, 6) is 1.45. The van der Waals surface area contributed by atoms with Crippen molar-refractivity contribution >= 4 is 80.1 Å². The summed E-state index contributed by atoms with van der Waals surface area (Å²) >= 11 is 13.6. The predicted molar refractivity (Wildman–Crippen MR) is 170 cm³/mol. The van der Waals surface area contributed by atoms with Gasteiger partial charge in [0.2, 0.25) is 0 Å². The van der Waals surface area contributed by atoms with Crippen molar-refractivity contribution < 1.29 is 9.59 Å². The minimum absolute atomic E-state index is 0.122. The van der Waals surface area contributed by atoms with Gasteiger partial charge in [0.15, 0.2) is 20.7 Å². The first-order chi connectivity index (χ1) is 19.1. The molecule has 12 heteroatoms. The average Bonchev–Trinajstić information content (AvgIpc) is 3.49. The predicted octanol–water partition coefficient (Wildman–Crippen LogP) is 7.22. The molecule has 208 valence electrons. The smallest absolute Gasteiger partial charge is 0.191 e. The Morgan fingerprint density at radius 1 is 1.02 bits per heavy atom. The molecule has 0 aliphatic rings. The van der Waals surface area contributed by atoms with E-state index in [0.717, 1.165) is 42.0 Å². The summed E-state index contributed by atoms with van der Waals surface area (Å²) in [7, 11) is 1.88. The number of carbonyl (C=O) groups excluding carboxylic acids is 2. The van der Waals surface area contributed by atoms with Crippen molar-refractivity contribution in [1.29, 1.82) is 0 Å². The van der Waals surface area contributed by atoms with Gasteiger partial charge in [0.25, 0.3) is 0 Å². The Labute approximate surface area is 250 Å². The Hall–Kier alpha value is -3.51. The minimum Gasteiger partial charge on any atom is -0.399 e. The van der Waals surface area contributed by atoms with E-state index in [1.165, 1.54) is 11.8 Å². The monoisotopic (exact) mass is 612 g/mol. The van der Waals surface area contributed by atoms with Crippen molar-refractivity contribution in [1.82, 2.24) is 19.7 Å². The largest absolute Gasteiger partial charge is 0.399 e. The highest BCUT2D eigenvalue weighted by Gasteiger charge is 2.11. The van der Waals surface area contributed by atoms with Crippen LogP contribution in [-0.4, -0.2) is 37.1 Å². The molecule has 5 rings (SSSR count). The van der Waals surface area contributed by atoms with Crippen LogP contribution in [-0.2, 0) is 11.8 Å². The number of thioether (sulfide) groups is 1. The number of benzene rings is 3. The van der Waals surface area contributed by atoms with Gasteiger partial charge in [-0.25, -0.2) is 0 Å². The number of carbonyl (C=O) groups is 2. The topological polar surface area (TPSA) is 133 Å². The molecule has 40 heavy (non-hydrogen) atoms. The molecule has 2 aromatic heterocycles. The zero-order chi connectivity index (χ0) is 29.2. The van der Waals surface area contributed by atoms with Gasteiger partial charge in [-0.3, -0.25) is 9.59 Å². The van der Waals surface area contributed by atoms with Gasteiger partial charge < -0.3 is 21.0 Å². The van der Waals surface area contributed by atoms with Gasteiger partial charge in [-0.05, 0) is 85.9 Å². The second kappa shape index (κ2) is 14.8. The minimum atomic E-state index is 0.122. The number of nitrogen functional groups attached to an aromatic ring is 2. The molecule has 0 radical (unpaired) electrons. The first-order valence-corrected chi connectivity index (χ1v) is 14.7. The van der Waals surface area contributed by atoms with E-state index < -0.39 is 0 Å². The van der Waals surface area contributed by atoms with E-state index in [1.807, 2.05) is 61.0 Å². The van der Waals surface area contributed by atoms with Gasteiger partial charge >= 0.3 is 0 Å². The van der Waals surface area contributed by atoms with Crippen LogP contribution < -0.4 is 11.5 Å². The fraction of sp³-hybridized carbons (Fsp3) is 0.179. The van der Waals surface area contributed by atoms with Crippen LogP contribution in [0.1, 0.15) is 30.6 Å². The van der Waals surface area contributed by atoms with Crippen LogP contribution in [0.3, 0.4) is 0 Å². The lowest BCUT2D eigenvalue weighted by molar-refractivity contribution is -0.114. The Balaban J connectivity index is 0.000000174. The maximum atomic E-state index is 11.1.